The minimum Gasteiger partial charge on any atom is -0.479 e. The van der Waals surface area contributed by atoms with Crippen molar-refractivity contribution in [3.8, 4) is 0 Å². The Morgan fingerprint density at radius 2 is 1.38 bits per heavy atom. The Morgan fingerprint density at radius 3 is 1.88 bits per heavy atom. The molecular formula is C22H34O4. The zero-order valence-electron chi connectivity index (χ0n) is 16.2. The van der Waals surface area contributed by atoms with Gasteiger partial charge in [0.05, 0.1) is 0 Å². The standard InChI is InChI=1S/C22H34O4/c1-3-5-6-7-8-9-10-11-12-13-14-15-16-17-18-19-21(23)26-20(4-2)22(24)25/h5-6,8-9,11-12,14-15,20H,3-4,7,10,13,16-19H2,1-2H3,(H,24,25)/b6-5-,9-8-,12-11-,15-14-. The second-order valence-electron chi connectivity index (χ2n) is 5.97. The normalized spacial score (nSPS) is 13.3. The Balaban J connectivity index is 3.61. The molecule has 4 heteroatoms. The topological polar surface area (TPSA) is 63.6 Å². The maximum absolute atomic E-state index is 11.5. The van der Waals surface area contributed by atoms with E-state index < -0.39 is 18.0 Å². The van der Waals surface area contributed by atoms with Gasteiger partial charge in [-0.3, -0.25) is 4.79 Å². The summed E-state index contributed by atoms with van der Waals surface area (Å²) < 4.78 is 4.91. The SMILES string of the molecule is CC/C=C\C/C=C\C/C=C\C/C=C\CCCCC(=O)OC(CC)C(=O)O. The number of ether oxygens (including phenoxy) is 1. The van der Waals surface area contributed by atoms with Gasteiger partial charge in [0.25, 0.3) is 0 Å². The first-order valence-electron chi connectivity index (χ1n) is 9.64. The minimum absolute atomic E-state index is 0.275. The van der Waals surface area contributed by atoms with E-state index in [-0.39, 0.29) is 6.42 Å². The summed E-state index contributed by atoms with van der Waals surface area (Å²) >= 11 is 0. The average Bonchev–Trinajstić information content (AvgIpc) is 2.62. The van der Waals surface area contributed by atoms with Gasteiger partial charge in [-0.1, -0.05) is 62.5 Å². The highest BCUT2D eigenvalue weighted by Gasteiger charge is 2.19. The van der Waals surface area contributed by atoms with Crippen molar-refractivity contribution in [1.82, 2.24) is 0 Å². The van der Waals surface area contributed by atoms with Crippen molar-refractivity contribution in [3.05, 3.63) is 48.6 Å². The molecule has 0 spiro atoms. The number of unbranched alkanes of at least 4 members (excludes halogenated alkanes) is 2. The van der Waals surface area contributed by atoms with Crippen LogP contribution in [0.5, 0.6) is 0 Å². The number of carboxylic acids is 1. The van der Waals surface area contributed by atoms with Crippen molar-refractivity contribution < 1.29 is 19.4 Å². The van der Waals surface area contributed by atoms with Crippen LogP contribution < -0.4 is 0 Å². The number of hydrogen-bond donors (Lipinski definition) is 1. The summed E-state index contributed by atoms with van der Waals surface area (Å²) in [5, 5.41) is 8.83. The Hall–Kier alpha value is -2.10. The lowest BCUT2D eigenvalue weighted by Crippen LogP contribution is -2.26. The monoisotopic (exact) mass is 362 g/mol. The number of carboxylic acid groups (broad SMARTS) is 1. The number of carbonyl (C=O) groups is 2. The zero-order chi connectivity index (χ0) is 19.5. The molecule has 0 amide bonds. The van der Waals surface area contributed by atoms with Crippen LogP contribution in [-0.2, 0) is 14.3 Å². The van der Waals surface area contributed by atoms with E-state index in [1.165, 1.54) is 0 Å². The summed E-state index contributed by atoms with van der Waals surface area (Å²) in [5.74, 6) is -1.51. The molecule has 26 heavy (non-hydrogen) atoms. The van der Waals surface area contributed by atoms with Crippen LogP contribution in [0.15, 0.2) is 48.6 Å². The van der Waals surface area contributed by atoms with E-state index in [1.54, 1.807) is 6.92 Å². The van der Waals surface area contributed by atoms with Gasteiger partial charge in [0.2, 0.25) is 0 Å². The van der Waals surface area contributed by atoms with Crippen molar-refractivity contribution in [2.45, 2.75) is 77.7 Å². The maximum Gasteiger partial charge on any atom is 0.345 e. The fraction of sp³-hybridized carbons (Fsp3) is 0.545. The van der Waals surface area contributed by atoms with Crippen LogP contribution in [0.2, 0.25) is 0 Å². The van der Waals surface area contributed by atoms with Crippen molar-refractivity contribution in [2.24, 2.45) is 0 Å². The van der Waals surface area contributed by atoms with Gasteiger partial charge in [-0.25, -0.2) is 4.79 Å². The number of esters is 1. The van der Waals surface area contributed by atoms with Crippen molar-refractivity contribution >= 4 is 11.9 Å². The van der Waals surface area contributed by atoms with E-state index in [0.717, 1.165) is 38.5 Å². The molecule has 0 fully saturated rings. The highest BCUT2D eigenvalue weighted by molar-refractivity contribution is 5.77. The highest BCUT2D eigenvalue weighted by atomic mass is 16.6. The summed E-state index contributed by atoms with van der Waals surface area (Å²) in [6, 6.07) is 0. The molecule has 0 aromatic heterocycles. The van der Waals surface area contributed by atoms with Crippen LogP contribution in [-0.4, -0.2) is 23.1 Å². The van der Waals surface area contributed by atoms with Crippen LogP contribution in [0, 0.1) is 0 Å². The Bertz CT molecular complexity index is 486. The van der Waals surface area contributed by atoms with Gasteiger partial charge in [0.1, 0.15) is 0 Å². The van der Waals surface area contributed by atoms with Crippen LogP contribution in [0.1, 0.15) is 71.6 Å². The van der Waals surface area contributed by atoms with Gasteiger partial charge in [-0.05, 0) is 51.4 Å². The molecule has 0 radical (unpaired) electrons. The number of hydrogen-bond acceptors (Lipinski definition) is 3. The third kappa shape index (κ3) is 15.4. The third-order valence-electron chi connectivity index (χ3n) is 3.64. The fourth-order valence-electron chi connectivity index (χ4n) is 2.16. The molecule has 1 unspecified atom stereocenters. The van der Waals surface area contributed by atoms with Crippen LogP contribution >= 0.6 is 0 Å². The molecule has 0 aliphatic heterocycles. The molecule has 0 bridgehead atoms. The van der Waals surface area contributed by atoms with E-state index in [2.05, 4.69) is 55.5 Å². The van der Waals surface area contributed by atoms with Crippen molar-refractivity contribution in [2.75, 3.05) is 0 Å². The second kappa shape index (κ2) is 17.7. The molecule has 0 aliphatic rings. The van der Waals surface area contributed by atoms with E-state index in [9.17, 15) is 9.59 Å². The van der Waals surface area contributed by atoms with E-state index >= 15 is 0 Å². The summed E-state index contributed by atoms with van der Waals surface area (Å²) in [4.78, 5) is 22.3. The van der Waals surface area contributed by atoms with Gasteiger partial charge in [0, 0.05) is 6.42 Å². The average molecular weight is 363 g/mol. The Kier molecular flexibility index (Phi) is 16.3. The van der Waals surface area contributed by atoms with Gasteiger partial charge in [-0.15, -0.1) is 0 Å². The molecule has 1 N–H and O–H groups in total. The first-order valence-corrected chi connectivity index (χ1v) is 9.64. The molecule has 0 heterocycles. The molecule has 1 atom stereocenters. The molecule has 4 nitrogen and oxygen atoms in total. The van der Waals surface area contributed by atoms with Gasteiger partial charge >= 0.3 is 11.9 Å². The lowest BCUT2D eigenvalue weighted by Gasteiger charge is -2.11. The van der Waals surface area contributed by atoms with E-state index in [0.29, 0.717) is 12.8 Å². The van der Waals surface area contributed by atoms with Crippen LogP contribution in [0.3, 0.4) is 0 Å². The first-order chi connectivity index (χ1) is 12.6. The first kappa shape index (κ1) is 23.9. The molecule has 0 aromatic rings. The molecule has 0 aromatic carbocycles. The molecular weight excluding hydrogens is 328 g/mol. The summed E-state index contributed by atoms with van der Waals surface area (Å²) in [6.45, 7) is 3.82. The highest BCUT2D eigenvalue weighted by Crippen LogP contribution is 2.06. The lowest BCUT2D eigenvalue weighted by molar-refractivity contribution is -0.164. The van der Waals surface area contributed by atoms with E-state index in [4.69, 9.17) is 9.84 Å². The Morgan fingerprint density at radius 1 is 0.846 bits per heavy atom. The maximum atomic E-state index is 11.5. The zero-order valence-corrected chi connectivity index (χ0v) is 16.2. The quantitative estimate of drug-likeness (QED) is 0.228. The molecule has 0 saturated heterocycles. The predicted molar refractivity (Wildman–Crippen MR) is 107 cm³/mol. The summed E-state index contributed by atoms with van der Waals surface area (Å²) in [5.41, 5.74) is 0. The minimum atomic E-state index is -1.08. The third-order valence-corrected chi connectivity index (χ3v) is 3.64. The fourth-order valence-corrected chi connectivity index (χ4v) is 2.16. The van der Waals surface area contributed by atoms with Gasteiger partial charge < -0.3 is 9.84 Å². The van der Waals surface area contributed by atoms with Crippen LogP contribution in [0.4, 0.5) is 0 Å². The Labute approximate surface area is 158 Å². The lowest BCUT2D eigenvalue weighted by atomic mass is 10.1. The number of allylic oxidation sites excluding steroid dienone is 8. The van der Waals surface area contributed by atoms with Crippen molar-refractivity contribution in [1.29, 1.82) is 0 Å². The molecule has 0 aliphatic carbocycles. The second-order valence-corrected chi connectivity index (χ2v) is 5.97. The van der Waals surface area contributed by atoms with E-state index in [1.807, 2.05) is 0 Å². The van der Waals surface area contributed by atoms with Gasteiger partial charge in [0.15, 0.2) is 6.10 Å². The van der Waals surface area contributed by atoms with Crippen molar-refractivity contribution in [3.63, 3.8) is 0 Å². The largest absolute Gasteiger partial charge is 0.479 e. The number of aliphatic carboxylic acids is 1. The summed E-state index contributed by atoms with van der Waals surface area (Å²) in [7, 11) is 0. The summed E-state index contributed by atoms with van der Waals surface area (Å²) in [6.07, 6.45) is 23.3. The smallest absolute Gasteiger partial charge is 0.345 e. The van der Waals surface area contributed by atoms with Crippen LogP contribution in [0.25, 0.3) is 0 Å². The van der Waals surface area contributed by atoms with Gasteiger partial charge in [-0.2, -0.15) is 0 Å². The number of rotatable bonds is 15. The molecule has 0 rings (SSSR count). The molecule has 146 valence electrons. The molecule has 0 saturated carbocycles. The predicted octanol–water partition coefficient (Wildman–Crippen LogP) is 5.76. The number of carbonyl (C=O) groups excluding carboxylic acids is 1.